The summed E-state index contributed by atoms with van der Waals surface area (Å²) in [6.45, 7) is 0.845. The maximum Gasteiger partial charge on any atom is 0.258 e. The number of benzene rings is 3. The summed E-state index contributed by atoms with van der Waals surface area (Å²) in [5.74, 6) is 0.544. The molecule has 1 saturated carbocycles. The lowest BCUT2D eigenvalue weighted by atomic mass is 9.84. The van der Waals surface area contributed by atoms with Gasteiger partial charge in [0.25, 0.3) is 5.91 Å². The standard InChI is InChI=1S/C28H30N2O3S/c31-28(24-9-5-2-6-10-24)30-18-17-25-19-21(11-16-27(25)30)20-29-34(32,33)26-14-12-23(13-15-26)22-7-3-1-4-8-22/h2,5-6,9-16,19,22,29H,1,3-4,7-8,17-18,20H2. The van der Waals surface area contributed by atoms with Crippen molar-refractivity contribution in [3.8, 4) is 0 Å². The number of anilines is 1. The summed E-state index contributed by atoms with van der Waals surface area (Å²) < 4.78 is 28.5. The second-order valence-electron chi connectivity index (χ2n) is 9.26. The number of rotatable bonds is 6. The average Bonchev–Trinajstić information content (AvgIpc) is 3.31. The summed E-state index contributed by atoms with van der Waals surface area (Å²) in [5, 5.41) is 0. The molecule has 0 unspecified atom stereocenters. The van der Waals surface area contributed by atoms with Gasteiger partial charge in [0.2, 0.25) is 10.0 Å². The van der Waals surface area contributed by atoms with E-state index in [0.29, 0.717) is 22.9 Å². The second-order valence-corrected chi connectivity index (χ2v) is 11.0. The summed E-state index contributed by atoms with van der Waals surface area (Å²) in [7, 11) is -3.59. The zero-order valence-electron chi connectivity index (χ0n) is 19.2. The molecule has 0 bridgehead atoms. The Balaban J connectivity index is 1.24. The smallest absolute Gasteiger partial charge is 0.258 e. The van der Waals surface area contributed by atoms with E-state index in [1.54, 1.807) is 17.0 Å². The van der Waals surface area contributed by atoms with Crippen molar-refractivity contribution in [2.24, 2.45) is 0 Å². The summed E-state index contributed by atoms with van der Waals surface area (Å²) in [6, 6.07) is 22.5. The lowest BCUT2D eigenvalue weighted by Crippen LogP contribution is -2.28. The van der Waals surface area contributed by atoms with E-state index in [0.717, 1.165) is 23.2 Å². The molecule has 0 atom stereocenters. The monoisotopic (exact) mass is 474 g/mol. The molecule has 3 aromatic rings. The number of fused-ring (bicyclic) bond motifs is 1. The van der Waals surface area contributed by atoms with Crippen LogP contribution >= 0.6 is 0 Å². The molecule has 5 nitrogen and oxygen atoms in total. The van der Waals surface area contributed by atoms with Gasteiger partial charge >= 0.3 is 0 Å². The largest absolute Gasteiger partial charge is 0.308 e. The van der Waals surface area contributed by atoms with E-state index in [1.165, 1.54) is 37.7 Å². The van der Waals surface area contributed by atoms with Gasteiger partial charge in [0.05, 0.1) is 4.90 Å². The van der Waals surface area contributed by atoms with Crippen LogP contribution in [0.3, 0.4) is 0 Å². The zero-order valence-corrected chi connectivity index (χ0v) is 20.1. The molecule has 1 heterocycles. The Bertz CT molecular complexity index is 1260. The molecule has 1 aliphatic heterocycles. The fourth-order valence-electron chi connectivity index (χ4n) is 5.13. The van der Waals surface area contributed by atoms with Crippen LogP contribution in [-0.4, -0.2) is 20.9 Å². The SMILES string of the molecule is O=C(c1ccccc1)N1CCc2cc(CNS(=O)(=O)c3ccc(C4CCCCC4)cc3)ccc21. The lowest BCUT2D eigenvalue weighted by molar-refractivity contribution is 0.0989. The molecule has 1 aliphatic carbocycles. The first-order valence-electron chi connectivity index (χ1n) is 12.1. The van der Waals surface area contributed by atoms with Gasteiger partial charge in [-0.3, -0.25) is 4.79 Å². The molecule has 0 saturated heterocycles. The van der Waals surface area contributed by atoms with Crippen molar-refractivity contribution in [3.05, 3.63) is 95.1 Å². The van der Waals surface area contributed by atoms with Crippen LogP contribution < -0.4 is 9.62 Å². The maximum atomic E-state index is 12.9. The summed E-state index contributed by atoms with van der Waals surface area (Å²) >= 11 is 0. The molecule has 1 N–H and O–H groups in total. The topological polar surface area (TPSA) is 66.5 Å². The number of carbonyl (C=O) groups excluding carboxylic acids is 1. The lowest BCUT2D eigenvalue weighted by Gasteiger charge is -2.22. The molecule has 2 aliphatic rings. The Morgan fingerprint density at radius 1 is 0.912 bits per heavy atom. The molecule has 1 fully saturated rings. The van der Waals surface area contributed by atoms with Crippen LogP contribution in [0.15, 0.2) is 77.7 Å². The Hall–Kier alpha value is -2.96. The van der Waals surface area contributed by atoms with Crippen molar-refractivity contribution in [1.82, 2.24) is 4.72 Å². The minimum absolute atomic E-state index is 0.00974. The van der Waals surface area contributed by atoms with Gasteiger partial charge in [0.15, 0.2) is 0 Å². The van der Waals surface area contributed by atoms with E-state index in [2.05, 4.69) is 4.72 Å². The first-order chi connectivity index (χ1) is 16.5. The molecule has 0 spiro atoms. The van der Waals surface area contributed by atoms with Crippen LogP contribution in [0.4, 0.5) is 5.69 Å². The molecule has 6 heteroatoms. The third kappa shape index (κ3) is 4.79. The van der Waals surface area contributed by atoms with E-state index in [1.807, 2.05) is 60.7 Å². The molecule has 1 amide bonds. The molecule has 176 valence electrons. The third-order valence-electron chi connectivity index (χ3n) is 7.04. The highest BCUT2D eigenvalue weighted by Crippen LogP contribution is 2.33. The van der Waals surface area contributed by atoms with Crippen molar-refractivity contribution in [2.45, 2.75) is 55.9 Å². The van der Waals surface area contributed by atoms with Crippen LogP contribution in [-0.2, 0) is 23.0 Å². The highest BCUT2D eigenvalue weighted by molar-refractivity contribution is 7.89. The number of nitrogens with one attached hydrogen (secondary N) is 1. The zero-order chi connectivity index (χ0) is 23.5. The van der Waals surface area contributed by atoms with Crippen LogP contribution in [0.25, 0.3) is 0 Å². The van der Waals surface area contributed by atoms with Gasteiger partial charge in [0, 0.05) is 24.3 Å². The van der Waals surface area contributed by atoms with Crippen molar-refractivity contribution >= 4 is 21.6 Å². The molecule has 0 radical (unpaired) electrons. The minimum Gasteiger partial charge on any atom is -0.308 e. The first-order valence-corrected chi connectivity index (χ1v) is 13.6. The molecule has 0 aromatic heterocycles. The first kappa shape index (κ1) is 22.8. The van der Waals surface area contributed by atoms with E-state index in [4.69, 9.17) is 0 Å². The Morgan fingerprint density at radius 2 is 1.65 bits per heavy atom. The van der Waals surface area contributed by atoms with Gasteiger partial charge in [-0.05, 0) is 72.2 Å². The number of hydrogen-bond acceptors (Lipinski definition) is 3. The maximum absolute atomic E-state index is 12.9. The van der Waals surface area contributed by atoms with Crippen molar-refractivity contribution in [3.63, 3.8) is 0 Å². The number of carbonyl (C=O) groups is 1. The van der Waals surface area contributed by atoms with E-state index >= 15 is 0 Å². The predicted octanol–water partition coefficient (Wildman–Crippen LogP) is 5.42. The molecule has 3 aromatic carbocycles. The van der Waals surface area contributed by atoms with Crippen molar-refractivity contribution in [2.75, 3.05) is 11.4 Å². The average molecular weight is 475 g/mol. The van der Waals surface area contributed by atoms with Crippen LogP contribution in [0.5, 0.6) is 0 Å². The van der Waals surface area contributed by atoms with Gasteiger partial charge in [0.1, 0.15) is 0 Å². The van der Waals surface area contributed by atoms with Gasteiger partial charge < -0.3 is 4.90 Å². The van der Waals surface area contributed by atoms with Gasteiger partial charge in [-0.25, -0.2) is 13.1 Å². The van der Waals surface area contributed by atoms with Crippen LogP contribution in [0.1, 0.15) is 65.1 Å². The number of sulfonamides is 1. The molecular formula is C28H30N2O3S. The quantitative estimate of drug-likeness (QED) is 0.519. The summed E-state index contributed by atoms with van der Waals surface area (Å²) in [6.07, 6.45) is 6.96. The second kappa shape index (κ2) is 9.72. The number of hydrogen-bond donors (Lipinski definition) is 1. The Labute approximate surface area is 201 Å². The van der Waals surface area contributed by atoms with E-state index < -0.39 is 10.0 Å². The van der Waals surface area contributed by atoms with Gasteiger partial charge in [-0.15, -0.1) is 0 Å². The van der Waals surface area contributed by atoms with Crippen LogP contribution in [0.2, 0.25) is 0 Å². The number of nitrogens with zero attached hydrogens (tertiary/aromatic N) is 1. The number of amides is 1. The highest BCUT2D eigenvalue weighted by atomic mass is 32.2. The fourth-order valence-corrected chi connectivity index (χ4v) is 6.15. The minimum atomic E-state index is -3.59. The molecule has 34 heavy (non-hydrogen) atoms. The molecule has 5 rings (SSSR count). The normalized spacial score (nSPS) is 16.4. The summed E-state index contributed by atoms with van der Waals surface area (Å²) in [5.41, 5.74) is 4.76. The van der Waals surface area contributed by atoms with E-state index in [9.17, 15) is 13.2 Å². The van der Waals surface area contributed by atoms with Gasteiger partial charge in [-0.2, -0.15) is 0 Å². The summed E-state index contributed by atoms with van der Waals surface area (Å²) in [4.78, 5) is 15.0. The predicted molar refractivity (Wildman–Crippen MR) is 135 cm³/mol. The Morgan fingerprint density at radius 3 is 2.38 bits per heavy atom. The fraction of sp³-hybridized carbons (Fsp3) is 0.321. The highest BCUT2D eigenvalue weighted by Gasteiger charge is 2.26. The third-order valence-corrected chi connectivity index (χ3v) is 8.46. The van der Waals surface area contributed by atoms with Crippen molar-refractivity contribution < 1.29 is 13.2 Å². The van der Waals surface area contributed by atoms with Crippen molar-refractivity contribution in [1.29, 1.82) is 0 Å². The van der Waals surface area contributed by atoms with Gasteiger partial charge in [-0.1, -0.05) is 61.7 Å². The molecular weight excluding hydrogens is 444 g/mol. The van der Waals surface area contributed by atoms with E-state index in [-0.39, 0.29) is 12.5 Å². The van der Waals surface area contributed by atoms with Crippen LogP contribution in [0, 0.1) is 0 Å². The Kier molecular flexibility index (Phi) is 6.53.